The Bertz CT molecular complexity index is 433. The zero-order valence-corrected chi connectivity index (χ0v) is 16.8. The molecule has 0 unspecified atom stereocenters. The van der Waals surface area contributed by atoms with Gasteiger partial charge in [0.1, 0.15) is 0 Å². The largest absolute Gasteiger partial charge is 0.481 e. The van der Waals surface area contributed by atoms with E-state index in [-0.39, 0.29) is 12.8 Å². The van der Waals surface area contributed by atoms with Gasteiger partial charge in [0.05, 0.1) is 18.7 Å². The molecule has 0 aromatic rings. The quantitative estimate of drug-likeness (QED) is 0.193. The van der Waals surface area contributed by atoms with Gasteiger partial charge in [-0.05, 0) is 12.8 Å². The molecule has 7 nitrogen and oxygen atoms in total. The Balaban J connectivity index is 3.62. The van der Waals surface area contributed by atoms with E-state index in [1.54, 1.807) is 0 Å². The smallest absolute Gasteiger partial charge is 0.326 e. The van der Waals surface area contributed by atoms with Gasteiger partial charge in [-0.3, -0.25) is 14.2 Å². The summed E-state index contributed by atoms with van der Waals surface area (Å²) >= 11 is 0. The number of hydrogen-bond acceptors (Lipinski definition) is 4. The van der Waals surface area contributed by atoms with Crippen molar-refractivity contribution in [3.63, 3.8) is 0 Å². The predicted molar refractivity (Wildman–Crippen MR) is 100 cm³/mol. The topological polar surface area (TPSA) is 121 Å². The van der Waals surface area contributed by atoms with Crippen LogP contribution in [-0.2, 0) is 18.9 Å². The monoisotopic (exact) mass is 394 g/mol. The highest BCUT2D eigenvalue weighted by Crippen LogP contribution is 2.38. The maximum Gasteiger partial charge on any atom is 0.326 e. The van der Waals surface area contributed by atoms with Gasteiger partial charge < -0.3 is 19.6 Å². The molecule has 0 bridgehead atoms. The predicted octanol–water partition coefficient (Wildman–Crippen LogP) is 4.11. The van der Waals surface area contributed by atoms with Gasteiger partial charge in [0.2, 0.25) is 0 Å². The molecule has 0 spiro atoms. The molecule has 154 valence electrons. The van der Waals surface area contributed by atoms with Crippen molar-refractivity contribution in [1.82, 2.24) is 0 Å². The van der Waals surface area contributed by atoms with Crippen LogP contribution in [-0.4, -0.2) is 39.6 Å². The number of carbonyl (C=O) groups excluding carboxylic acids is 1. The van der Waals surface area contributed by atoms with Crippen LogP contribution >= 0.6 is 7.60 Å². The van der Waals surface area contributed by atoms with Gasteiger partial charge in [-0.15, -0.1) is 0 Å². The van der Waals surface area contributed by atoms with Crippen molar-refractivity contribution in [3.05, 3.63) is 0 Å². The molecule has 0 amide bonds. The Morgan fingerprint density at radius 1 is 0.923 bits per heavy atom. The molecule has 1 atom stereocenters. The summed E-state index contributed by atoms with van der Waals surface area (Å²) in [6.45, 7) is 2.52. The fraction of sp³-hybridized carbons (Fsp3) is 0.889. The number of hydrogen-bond donors (Lipinski definition) is 3. The molecule has 3 N–H and O–H groups in total. The lowest BCUT2D eigenvalue weighted by Gasteiger charge is -2.12. The van der Waals surface area contributed by atoms with E-state index < -0.39 is 31.6 Å². The molecule has 0 aliphatic rings. The summed E-state index contributed by atoms with van der Waals surface area (Å²) < 4.78 is 15.9. The maximum atomic E-state index is 11.6. The molecule has 0 aromatic heterocycles. The number of ether oxygens (including phenoxy) is 1. The third-order valence-electron chi connectivity index (χ3n) is 4.27. The van der Waals surface area contributed by atoms with Crippen LogP contribution in [0.15, 0.2) is 0 Å². The highest BCUT2D eigenvalue weighted by atomic mass is 31.2. The first kappa shape index (κ1) is 25.1. The molecular weight excluding hydrogens is 359 g/mol. The Morgan fingerprint density at radius 2 is 1.42 bits per heavy atom. The summed E-state index contributed by atoms with van der Waals surface area (Å²) in [5.74, 6) is -3.06. The number of aliphatic carboxylic acids is 1. The number of esters is 1. The van der Waals surface area contributed by atoms with E-state index in [1.165, 1.54) is 44.9 Å². The van der Waals surface area contributed by atoms with Gasteiger partial charge in [-0.1, -0.05) is 64.7 Å². The van der Waals surface area contributed by atoms with Gasteiger partial charge in [-0.25, -0.2) is 0 Å². The number of carboxylic acids is 1. The average Bonchev–Trinajstić information content (AvgIpc) is 2.55. The molecule has 0 aromatic carbocycles. The van der Waals surface area contributed by atoms with E-state index >= 15 is 0 Å². The van der Waals surface area contributed by atoms with Gasteiger partial charge in [0.15, 0.2) is 0 Å². The third-order valence-corrected chi connectivity index (χ3v) is 5.18. The minimum Gasteiger partial charge on any atom is -0.481 e. The number of carboxylic acid groups (broad SMARTS) is 1. The van der Waals surface area contributed by atoms with Crippen molar-refractivity contribution in [1.29, 1.82) is 0 Å². The van der Waals surface area contributed by atoms with Crippen molar-refractivity contribution in [2.24, 2.45) is 5.92 Å². The maximum absolute atomic E-state index is 11.6. The lowest BCUT2D eigenvalue weighted by atomic mass is 10.1. The lowest BCUT2D eigenvalue weighted by Crippen LogP contribution is -2.20. The van der Waals surface area contributed by atoms with Crippen LogP contribution in [0, 0.1) is 5.92 Å². The van der Waals surface area contributed by atoms with E-state index in [2.05, 4.69) is 6.92 Å². The van der Waals surface area contributed by atoms with Crippen LogP contribution in [0.2, 0.25) is 0 Å². The van der Waals surface area contributed by atoms with E-state index in [9.17, 15) is 14.2 Å². The number of rotatable bonds is 17. The van der Waals surface area contributed by atoms with E-state index in [1.807, 2.05) is 0 Å². The second-order valence-electron chi connectivity index (χ2n) is 6.82. The number of unbranched alkanes of at least 4 members (excludes halogenated alkanes) is 9. The first-order valence-electron chi connectivity index (χ1n) is 9.69. The summed E-state index contributed by atoms with van der Waals surface area (Å²) in [4.78, 5) is 40.2. The zero-order valence-electron chi connectivity index (χ0n) is 15.9. The third kappa shape index (κ3) is 16.6. The normalized spacial score (nSPS) is 12.7. The standard InChI is InChI=1S/C18H35O7P/c1-2-3-4-5-6-7-8-9-10-11-14-25-17(19)13-12-16(18(20)21)15-26(22,23)24/h16H,2-15H2,1H3,(H,20,21)(H2,22,23,24)/t16-/m1/s1. The SMILES string of the molecule is CCCCCCCCCCCCOC(=O)CC[C@H](CP(=O)(O)O)C(=O)O. The minimum atomic E-state index is -4.42. The van der Waals surface area contributed by atoms with Crippen molar-refractivity contribution in [3.8, 4) is 0 Å². The average molecular weight is 394 g/mol. The zero-order chi connectivity index (χ0) is 19.8. The summed E-state index contributed by atoms with van der Waals surface area (Å²) in [6, 6.07) is 0. The molecule has 26 heavy (non-hydrogen) atoms. The Hall–Kier alpha value is -0.910. The van der Waals surface area contributed by atoms with Gasteiger partial charge in [-0.2, -0.15) is 0 Å². The minimum absolute atomic E-state index is 0.128. The van der Waals surface area contributed by atoms with Crippen molar-refractivity contribution < 1.29 is 33.8 Å². The molecule has 8 heteroatoms. The molecule has 0 saturated carbocycles. The van der Waals surface area contributed by atoms with Crippen molar-refractivity contribution >= 4 is 19.5 Å². The summed E-state index contributed by atoms with van der Waals surface area (Å²) in [5.41, 5.74) is 0. The molecule has 0 saturated heterocycles. The van der Waals surface area contributed by atoms with Gasteiger partial charge >= 0.3 is 19.5 Å². The summed E-state index contributed by atoms with van der Waals surface area (Å²) in [5, 5.41) is 8.93. The van der Waals surface area contributed by atoms with Gasteiger partial charge in [0, 0.05) is 6.42 Å². The van der Waals surface area contributed by atoms with Crippen molar-refractivity contribution in [2.75, 3.05) is 12.8 Å². The fourth-order valence-electron chi connectivity index (χ4n) is 2.72. The molecular formula is C18H35O7P. The van der Waals surface area contributed by atoms with Crippen molar-refractivity contribution in [2.45, 2.75) is 84.0 Å². The van der Waals surface area contributed by atoms with Crippen LogP contribution in [0.25, 0.3) is 0 Å². The first-order valence-corrected chi connectivity index (χ1v) is 11.5. The lowest BCUT2D eigenvalue weighted by molar-refractivity contribution is -0.145. The molecule has 0 aliphatic heterocycles. The Kier molecular flexibility index (Phi) is 14.6. The molecule has 0 heterocycles. The molecule has 0 fully saturated rings. The van der Waals surface area contributed by atoms with Crippen LogP contribution in [0.1, 0.15) is 84.0 Å². The highest BCUT2D eigenvalue weighted by molar-refractivity contribution is 7.51. The second-order valence-corrected chi connectivity index (χ2v) is 8.52. The van der Waals surface area contributed by atoms with Crippen LogP contribution in [0.4, 0.5) is 0 Å². The number of carbonyl (C=O) groups is 2. The summed E-state index contributed by atoms with van der Waals surface area (Å²) in [6.07, 6.45) is 10.8. The Labute approximate surface area is 156 Å². The fourth-order valence-corrected chi connectivity index (χ4v) is 3.63. The molecule has 0 aliphatic carbocycles. The van der Waals surface area contributed by atoms with E-state index in [0.717, 1.165) is 19.3 Å². The molecule has 0 radical (unpaired) electrons. The van der Waals surface area contributed by atoms with E-state index in [4.69, 9.17) is 19.6 Å². The Morgan fingerprint density at radius 3 is 1.88 bits per heavy atom. The highest BCUT2D eigenvalue weighted by Gasteiger charge is 2.27. The second kappa shape index (κ2) is 15.2. The van der Waals surface area contributed by atoms with Crippen LogP contribution < -0.4 is 0 Å². The molecule has 0 rings (SSSR count). The van der Waals surface area contributed by atoms with E-state index in [0.29, 0.717) is 6.61 Å². The van der Waals surface area contributed by atoms with Crippen LogP contribution in [0.5, 0.6) is 0 Å². The van der Waals surface area contributed by atoms with Crippen LogP contribution in [0.3, 0.4) is 0 Å². The first-order chi connectivity index (χ1) is 12.3. The summed E-state index contributed by atoms with van der Waals surface area (Å²) in [7, 11) is -4.42. The van der Waals surface area contributed by atoms with Gasteiger partial charge in [0.25, 0.3) is 0 Å².